The van der Waals surface area contributed by atoms with Crippen LogP contribution in [-0.4, -0.2) is 11.1 Å². The van der Waals surface area contributed by atoms with Gasteiger partial charge < -0.3 is 5.11 Å². The lowest BCUT2D eigenvalue weighted by atomic mass is 10.2. The van der Waals surface area contributed by atoms with Crippen molar-refractivity contribution >= 4 is 29.3 Å². The molecular formula is C14H9ClF2O2S. The zero-order valence-corrected chi connectivity index (χ0v) is 11.6. The van der Waals surface area contributed by atoms with E-state index in [9.17, 15) is 13.6 Å². The lowest BCUT2D eigenvalue weighted by Crippen LogP contribution is -2.00. The first-order valence-corrected chi connectivity index (χ1v) is 6.93. The van der Waals surface area contributed by atoms with E-state index in [0.717, 1.165) is 11.6 Å². The normalized spacial score (nSPS) is 10.6. The van der Waals surface area contributed by atoms with Crippen LogP contribution in [0.25, 0.3) is 0 Å². The number of halogens is 3. The number of carboxylic acid groups (broad SMARTS) is 1. The quantitative estimate of drug-likeness (QED) is 0.837. The van der Waals surface area contributed by atoms with Crippen molar-refractivity contribution in [1.29, 1.82) is 0 Å². The molecule has 0 aliphatic carbocycles. The van der Waals surface area contributed by atoms with Crippen LogP contribution in [0.3, 0.4) is 0 Å². The summed E-state index contributed by atoms with van der Waals surface area (Å²) < 4.78 is 26.2. The third-order valence-corrected chi connectivity index (χ3v) is 3.91. The Hall–Kier alpha value is -1.59. The zero-order valence-electron chi connectivity index (χ0n) is 10.1. The number of hydrogen-bond acceptors (Lipinski definition) is 2. The summed E-state index contributed by atoms with van der Waals surface area (Å²) in [6.45, 7) is 0. The predicted octanol–water partition coefficient (Wildman–Crippen LogP) is 4.61. The number of hydrogen-bond donors (Lipinski definition) is 1. The predicted molar refractivity (Wildman–Crippen MR) is 74.3 cm³/mol. The fourth-order valence-electron chi connectivity index (χ4n) is 1.55. The van der Waals surface area contributed by atoms with E-state index in [0.29, 0.717) is 10.6 Å². The van der Waals surface area contributed by atoms with E-state index < -0.39 is 17.6 Å². The van der Waals surface area contributed by atoms with Gasteiger partial charge in [0.05, 0.1) is 10.6 Å². The highest BCUT2D eigenvalue weighted by atomic mass is 35.5. The first-order chi connectivity index (χ1) is 9.47. The highest BCUT2D eigenvalue weighted by molar-refractivity contribution is 7.98. The molecule has 0 fully saturated rings. The first kappa shape index (κ1) is 14.8. The number of aromatic carboxylic acids is 1. The van der Waals surface area contributed by atoms with Crippen molar-refractivity contribution in [3.8, 4) is 0 Å². The second kappa shape index (κ2) is 6.24. The van der Waals surface area contributed by atoms with Crippen LogP contribution in [0.2, 0.25) is 5.02 Å². The molecule has 0 heterocycles. The van der Waals surface area contributed by atoms with Crippen molar-refractivity contribution in [2.45, 2.75) is 10.6 Å². The van der Waals surface area contributed by atoms with Gasteiger partial charge >= 0.3 is 5.97 Å². The summed E-state index contributed by atoms with van der Waals surface area (Å²) in [4.78, 5) is 11.4. The Morgan fingerprint density at radius 1 is 1.15 bits per heavy atom. The van der Waals surface area contributed by atoms with E-state index in [2.05, 4.69) is 0 Å². The molecule has 0 aromatic heterocycles. The van der Waals surface area contributed by atoms with Gasteiger partial charge in [-0.15, -0.1) is 11.8 Å². The van der Waals surface area contributed by atoms with E-state index in [-0.39, 0.29) is 10.6 Å². The summed E-state index contributed by atoms with van der Waals surface area (Å²) >= 11 is 6.99. The molecule has 0 aliphatic rings. The van der Waals surface area contributed by atoms with E-state index in [4.69, 9.17) is 16.7 Å². The molecule has 0 bridgehead atoms. The molecule has 0 aliphatic heterocycles. The Kier molecular flexibility index (Phi) is 4.62. The largest absolute Gasteiger partial charge is 0.478 e. The van der Waals surface area contributed by atoms with Gasteiger partial charge in [0.2, 0.25) is 0 Å². The average Bonchev–Trinajstić information content (AvgIpc) is 2.41. The monoisotopic (exact) mass is 314 g/mol. The molecule has 0 saturated carbocycles. The Bertz CT molecular complexity index is 662. The minimum Gasteiger partial charge on any atom is -0.478 e. The van der Waals surface area contributed by atoms with Crippen LogP contribution in [0.5, 0.6) is 0 Å². The molecule has 104 valence electrons. The Morgan fingerprint density at radius 3 is 2.50 bits per heavy atom. The van der Waals surface area contributed by atoms with Crippen LogP contribution in [0.1, 0.15) is 15.9 Å². The molecule has 0 amide bonds. The van der Waals surface area contributed by atoms with Crippen molar-refractivity contribution in [3.05, 3.63) is 64.2 Å². The molecule has 6 heteroatoms. The van der Waals surface area contributed by atoms with Crippen LogP contribution in [0, 0.1) is 11.6 Å². The fraction of sp³-hybridized carbons (Fsp3) is 0.0714. The third kappa shape index (κ3) is 3.49. The topological polar surface area (TPSA) is 37.3 Å². The summed E-state index contributed by atoms with van der Waals surface area (Å²) in [5, 5.41) is 8.87. The maximum Gasteiger partial charge on any atom is 0.338 e. The molecule has 1 N–H and O–H groups in total. The molecule has 2 aromatic carbocycles. The smallest absolute Gasteiger partial charge is 0.338 e. The average molecular weight is 315 g/mol. The molecule has 2 rings (SSSR count). The van der Waals surface area contributed by atoms with Gasteiger partial charge in [0.25, 0.3) is 0 Å². The second-order valence-corrected chi connectivity index (χ2v) is 5.44. The maximum absolute atomic E-state index is 13.2. The van der Waals surface area contributed by atoms with Gasteiger partial charge in [-0.1, -0.05) is 17.7 Å². The van der Waals surface area contributed by atoms with E-state index in [1.165, 1.54) is 36.0 Å². The Morgan fingerprint density at radius 2 is 1.85 bits per heavy atom. The first-order valence-electron chi connectivity index (χ1n) is 5.57. The van der Waals surface area contributed by atoms with Crippen LogP contribution >= 0.6 is 23.4 Å². The lowest BCUT2D eigenvalue weighted by molar-refractivity contribution is 0.0691. The molecular weight excluding hydrogens is 306 g/mol. The van der Waals surface area contributed by atoms with Crippen LogP contribution in [-0.2, 0) is 5.75 Å². The van der Waals surface area contributed by atoms with Gasteiger partial charge in [0.15, 0.2) is 0 Å². The molecule has 2 nitrogen and oxygen atoms in total. The van der Waals surface area contributed by atoms with Crippen molar-refractivity contribution in [3.63, 3.8) is 0 Å². The van der Waals surface area contributed by atoms with Crippen LogP contribution in [0.4, 0.5) is 8.78 Å². The van der Waals surface area contributed by atoms with Crippen molar-refractivity contribution in [2.24, 2.45) is 0 Å². The van der Waals surface area contributed by atoms with E-state index in [1.807, 2.05) is 0 Å². The van der Waals surface area contributed by atoms with Gasteiger partial charge in [-0.25, -0.2) is 13.6 Å². The molecule has 0 saturated heterocycles. The van der Waals surface area contributed by atoms with Crippen molar-refractivity contribution in [2.75, 3.05) is 0 Å². The highest BCUT2D eigenvalue weighted by Gasteiger charge is 2.11. The molecule has 2 aromatic rings. The number of carboxylic acids is 1. The summed E-state index contributed by atoms with van der Waals surface area (Å²) in [7, 11) is 0. The van der Waals surface area contributed by atoms with E-state index in [1.54, 1.807) is 6.07 Å². The SMILES string of the molecule is O=C(O)c1cc(SCc2ccc(F)c(Cl)c2)ccc1F. The summed E-state index contributed by atoms with van der Waals surface area (Å²) in [5.41, 5.74) is 0.426. The number of rotatable bonds is 4. The lowest BCUT2D eigenvalue weighted by Gasteiger charge is -2.05. The summed E-state index contributed by atoms with van der Waals surface area (Å²) in [6, 6.07) is 8.25. The maximum atomic E-state index is 13.2. The Balaban J connectivity index is 2.12. The van der Waals surface area contributed by atoms with Gasteiger partial charge in [0, 0.05) is 10.6 Å². The van der Waals surface area contributed by atoms with Gasteiger partial charge in [-0.05, 0) is 35.9 Å². The molecule has 0 atom stereocenters. The zero-order chi connectivity index (χ0) is 14.7. The molecule has 20 heavy (non-hydrogen) atoms. The third-order valence-electron chi connectivity index (χ3n) is 2.56. The number of benzene rings is 2. The van der Waals surface area contributed by atoms with Crippen molar-refractivity contribution < 1.29 is 18.7 Å². The standard InChI is InChI=1S/C14H9ClF2O2S/c15-11-5-8(1-3-13(11)17)7-20-9-2-4-12(16)10(6-9)14(18)19/h1-6H,7H2,(H,18,19). The molecule has 0 radical (unpaired) electrons. The highest BCUT2D eigenvalue weighted by Crippen LogP contribution is 2.26. The van der Waals surface area contributed by atoms with Gasteiger partial charge in [-0.2, -0.15) is 0 Å². The van der Waals surface area contributed by atoms with E-state index >= 15 is 0 Å². The summed E-state index contributed by atoms with van der Waals surface area (Å²) in [5.74, 6) is -2.10. The van der Waals surface area contributed by atoms with Crippen LogP contribution in [0.15, 0.2) is 41.3 Å². The summed E-state index contributed by atoms with van der Waals surface area (Å²) in [6.07, 6.45) is 0. The van der Waals surface area contributed by atoms with Crippen LogP contribution < -0.4 is 0 Å². The Labute approximate surface area is 123 Å². The minimum atomic E-state index is -1.31. The molecule has 0 unspecified atom stereocenters. The number of thioether (sulfide) groups is 1. The van der Waals surface area contributed by atoms with Crippen molar-refractivity contribution in [1.82, 2.24) is 0 Å². The molecule has 0 spiro atoms. The second-order valence-electron chi connectivity index (χ2n) is 3.98. The minimum absolute atomic E-state index is 0.0356. The number of carbonyl (C=O) groups is 1. The van der Waals surface area contributed by atoms with Gasteiger partial charge in [0.1, 0.15) is 11.6 Å². The fourth-order valence-corrected chi connectivity index (χ4v) is 2.64. The van der Waals surface area contributed by atoms with Gasteiger partial charge in [-0.3, -0.25) is 0 Å².